The molecule has 7 heteroatoms. The highest BCUT2D eigenvalue weighted by molar-refractivity contribution is 5.76. The first-order valence-electron chi connectivity index (χ1n) is 5.40. The van der Waals surface area contributed by atoms with Crippen molar-refractivity contribution < 1.29 is 13.6 Å². The normalized spacial score (nSPS) is 11.4. The molecule has 0 aromatic carbocycles. The van der Waals surface area contributed by atoms with Crippen LogP contribution >= 0.6 is 0 Å². The summed E-state index contributed by atoms with van der Waals surface area (Å²) in [6, 6.07) is 0. The summed E-state index contributed by atoms with van der Waals surface area (Å²) in [6.07, 6.45) is -2.29. The minimum atomic E-state index is -2.70. The number of carbonyl (C=O) groups excluding carboxylic acids is 1. The van der Waals surface area contributed by atoms with Crippen LogP contribution in [0.25, 0.3) is 0 Å². The zero-order valence-electron chi connectivity index (χ0n) is 9.86. The Hall–Kier alpha value is -1.53. The minimum Gasteiger partial charge on any atom is -0.369 e. The Morgan fingerprint density at radius 2 is 2.12 bits per heavy atom. The van der Waals surface area contributed by atoms with Crippen LogP contribution in [0.5, 0.6) is 0 Å². The smallest absolute Gasteiger partial charge is 0.281 e. The van der Waals surface area contributed by atoms with E-state index in [4.69, 9.17) is 5.73 Å². The van der Waals surface area contributed by atoms with Gasteiger partial charge in [-0.2, -0.15) is 0 Å². The topological polar surface area (TPSA) is 73.8 Å². The first-order chi connectivity index (χ1) is 7.91. The van der Waals surface area contributed by atoms with Crippen molar-refractivity contribution in [3.05, 3.63) is 11.4 Å². The second kappa shape index (κ2) is 5.70. The minimum absolute atomic E-state index is 0.0312. The number of primary amides is 1. The van der Waals surface area contributed by atoms with Gasteiger partial charge >= 0.3 is 0 Å². The molecule has 0 atom stereocenters. The van der Waals surface area contributed by atoms with E-state index in [0.717, 1.165) is 11.1 Å². The van der Waals surface area contributed by atoms with Crippen molar-refractivity contribution in [2.45, 2.75) is 39.7 Å². The highest BCUT2D eigenvalue weighted by atomic mass is 19.3. The first kappa shape index (κ1) is 13.5. The fraction of sp³-hybridized carbons (Fsp3) is 0.700. The molecule has 5 nitrogen and oxygen atoms in total. The van der Waals surface area contributed by atoms with Gasteiger partial charge in [-0.1, -0.05) is 19.1 Å². The summed E-state index contributed by atoms with van der Waals surface area (Å²) in [7, 11) is 0. The molecule has 0 aliphatic heterocycles. The van der Waals surface area contributed by atoms with Gasteiger partial charge in [0, 0.05) is 6.54 Å². The third-order valence-corrected chi connectivity index (χ3v) is 2.31. The van der Waals surface area contributed by atoms with Crippen molar-refractivity contribution in [1.29, 1.82) is 0 Å². The SMILES string of the molecule is CC(C)CCn1nnc(CC(N)=O)c1C(F)F. The summed E-state index contributed by atoms with van der Waals surface area (Å²) in [5.74, 6) is -0.313. The van der Waals surface area contributed by atoms with E-state index in [-0.39, 0.29) is 17.8 Å². The number of halogens is 2. The van der Waals surface area contributed by atoms with Gasteiger partial charge in [0.05, 0.1) is 6.42 Å². The number of aromatic nitrogens is 3. The van der Waals surface area contributed by atoms with Crippen LogP contribution in [-0.2, 0) is 17.8 Å². The molecule has 0 aliphatic rings. The molecule has 0 bridgehead atoms. The maximum atomic E-state index is 12.8. The lowest BCUT2D eigenvalue weighted by molar-refractivity contribution is -0.117. The standard InChI is InChI=1S/C10H16F2N4O/c1-6(2)3-4-16-9(10(11)12)7(14-15-16)5-8(13)17/h6,10H,3-5H2,1-2H3,(H2,13,17). The van der Waals surface area contributed by atoms with Crippen LogP contribution in [0.3, 0.4) is 0 Å². The number of amides is 1. The van der Waals surface area contributed by atoms with Crippen LogP contribution in [0.1, 0.15) is 38.1 Å². The molecule has 1 amide bonds. The molecule has 0 fully saturated rings. The lowest BCUT2D eigenvalue weighted by Crippen LogP contribution is -2.16. The average Bonchev–Trinajstić information content (AvgIpc) is 2.56. The van der Waals surface area contributed by atoms with Crippen molar-refractivity contribution in [2.24, 2.45) is 11.7 Å². The predicted octanol–water partition coefficient (Wildman–Crippen LogP) is 1.29. The zero-order chi connectivity index (χ0) is 13.0. The van der Waals surface area contributed by atoms with Crippen LogP contribution in [0.2, 0.25) is 0 Å². The molecule has 1 rings (SSSR count). The van der Waals surface area contributed by atoms with E-state index in [1.807, 2.05) is 13.8 Å². The monoisotopic (exact) mass is 246 g/mol. The highest BCUT2D eigenvalue weighted by Crippen LogP contribution is 2.22. The lowest BCUT2D eigenvalue weighted by atomic mass is 10.1. The molecule has 1 aromatic rings. The molecule has 0 radical (unpaired) electrons. The lowest BCUT2D eigenvalue weighted by Gasteiger charge is -2.08. The molecule has 1 aromatic heterocycles. The second-order valence-electron chi connectivity index (χ2n) is 4.27. The predicted molar refractivity (Wildman–Crippen MR) is 57.3 cm³/mol. The van der Waals surface area contributed by atoms with Crippen LogP contribution in [-0.4, -0.2) is 20.9 Å². The van der Waals surface area contributed by atoms with E-state index in [9.17, 15) is 13.6 Å². The Bertz CT molecular complexity index is 390. The molecule has 1 heterocycles. The molecular formula is C10H16F2N4O. The fourth-order valence-electron chi connectivity index (χ4n) is 1.43. The van der Waals surface area contributed by atoms with E-state index in [2.05, 4.69) is 10.3 Å². The van der Waals surface area contributed by atoms with Gasteiger partial charge in [-0.3, -0.25) is 4.79 Å². The molecule has 0 spiro atoms. The number of aryl methyl sites for hydroxylation is 1. The van der Waals surface area contributed by atoms with Crippen LogP contribution in [0, 0.1) is 5.92 Å². The number of nitrogens with two attached hydrogens (primary N) is 1. The van der Waals surface area contributed by atoms with E-state index in [1.54, 1.807) is 0 Å². The van der Waals surface area contributed by atoms with Gasteiger partial charge < -0.3 is 5.73 Å². The summed E-state index contributed by atoms with van der Waals surface area (Å²) in [6.45, 7) is 4.34. The van der Waals surface area contributed by atoms with Crippen molar-refractivity contribution in [1.82, 2.24) is 15.0 Å². The van der Waals surface area contributed by atoms with Crippen LogP contribution < -0.4 is 5.73 Å². The van der Waals surface area contributed by atoms with Crippen molar-refractivity contribution in [2.75, 3.05) is 0 Å². The maximum Gasteiger partial charge on any atom is 0.281 e. The molecule has 96 valence electrons. The number of carbonyl (C=O) groups is 1. The maximum absolute atomic E-state index is 12.8. The third kappa shape index (κ3) is 3.76. The number of rotatable bonds is 6. The Labute approximate surface area is 98.0 Å². The molecule has 0 aliphatic carbocycles. The molecule has 0 unspecified atom stereocenters. The van der Waals surface area contributed by atoms with Gasteiger partial charge in [0.25, 0.3) is 6.43 Å². The molecular weight excluding hydrogens is 230 g/mol. The highest BCUT2D eigenvalue weighted by Gasteiger charge is 2.22. The summed E-state index contributed by atoms with van der Waals surface area (Å²) in [4.78, 5) is 10.7. The summed E-state index contributed by atoms with van der Waals surface area (Å²) in [5.41, 5.74) is 4.63. The number of alkyl halides is 2. The Balaban J connectivity index is 2.90. The molecule has 0 saturated carbocycles. The molecule has 17 heavy (non-hydrogen) atoms. The van der Waals surface area contributed by atoms with E-state index >= 15 is 0 Å². The first-order valence-corrected chi connectivity index (χ1v) is 5.40. The fourth-order valence-corrected chi connectivity index (χ4v) is 1.43. The van der Waals surface area contributed by atoms with Crippen molar-refractivity contribution in [3.63, 3.8) is 0 Å². The largest absolute Gasteiger partial charge is 0.369 e. The Morgan fingerprint density at radius 3 is 2.59 bits per heavy atom. The quantitative estimate of drug-likeness (QED) is 0.821. The van der Waals surface area contributed by atoms with Gasteiger partial charge in [0.2, 0.25) is 5.91 Å². The van der Waals surface area contributed by atoms with Gasteiger partial charge in [-0.05, 0) is 12.3 Å². The number of hydrogen-bond acceptors (Lipinski definition) is 3. The summed E-state index contributed by atoms with van der Waals surface area (Å²) < 4.78 is 26.8. The zero-order valence-corrected chi connectivity index (χ0v) is 9.86. The van der Waals surface area contributed by atoms with Gasteiger partial charge in [-0.15, -0.1) is 5.10 Å². The van der Waals surface area contributed by atoms with Gasteiger partial charge in [-0.25, -0.2) is 13.5 Å². The third-order valence-electron chi connectivity index (χ3n) is 2.31. The van der Waals surface area contributed by atoms with Crippen molar-refractivity contribution >= 4 is 5.91 Å². The van der Waals surface area contributed by atoms with Crippen LogP contribution in [0.15, 0.2) is 0 Å². The number of nitrogens with zero attached hydrogens (tertiary/aromatic N) is 3. The number of hydrogen-bond donors (Lipinski definition) is 1. The molecule has 2 N–H and O–H groups in total. The second-order valence-corrected chi connectivity index (χ2v) is 4.27. The van der Waals surface area contributed by atoms with Gasteiger partial charge in [0.1, 0.15) is 11.4 Å². The molecule has 0 saturated heterocycles. The Morgan fingerprint density at radius 1 is 1.47 bits per heavy atom. The van der Waals surface area contributed by atoms with E-state index in [0.29, 0.717) is 12.5 Å². The summed E-state index contributed by atoms with van der Waals surface area (Å²) >= 11 is 0. The van der Waals surface area contributed by atoms with E-state index in [1.165, 1.54) is 0 Å². The Kier molecular flexibility index (Phi) is 4.53. The van der Waals surface area contributed by atoms with Gasteiger partial charge in [0.15, 0.2) is 0 Å². The van der Waals surface area contributed by atoms with Crippen LogP contribution in [0.4, 0.5) is 8.78 Å². The summed E-state index contributed by atoms with van der Waals surface area (Å²) in [5, 5.41) is 7.23. The van der Waals surface area contributed by atoms with Crippen molar-refractivity contribution in [3.8, 4) is 0 Å². The van der Waals surface area contributed by atoms with E-state index < -0.39 is 12.3 Å². The average molecular weight is 246 g/mol.